The number of aryl methyl sites for hydroxylation is 1. The summed E-state index contributed by atoms with van der Waals surface area (Å²) in [4.78, 5) is 18.8. The van der Waals surface area contributed by atoms with Gasteiger partial charge in [0.25, 0.3) is 0 Å². The molecule has 0 radical (unpaired) electrons. The normalized spacial score (nSPS) is 10.4. The largest absolute Gasteiger partial charge is 0.351 e. The van der Waals surface area contributed by atoms with Crippen LogP contribution in [0.3, 0.4) is 0 Å². The molecule has 0 bridgehead atoms. The van der Waals surface area contributed by atoms with Crippen molar-refractivity contribution in [3.8, 4) is 0 Å². The first kappa shape index (κ1) is 13.3. The molecule has 1 heterocycles. The first-order valence-corrected chi connectivity index (χ1v) is 6.26. The van der Waals surface area contributed by atoms with Crippen molar-refractivity contribution in [3.63, 3.8) is 0 Å². The van der Waals surface area contributed by atoms with Gasteiger partial charge in [0, 0.05) is 25.0 Å². The van der Waals surface area contributed by atoms with Crippen molar-refractivity contribution >= 4 is 5.91 Å². The van der Waals surface area contributed by atoms with Crippen LogP contribution in [0.25, 0.3) is 0 Å². The number of amides is 1. The van der Waals surface area contributed by atoms with Crippen molar-refractivity contribution in [2.45, 2.75) is 20.0 Å². The average Bonchev–Trinajstić information content (AvgIpc) is 2.83. The fourth-order valence-corrected chi connectivity index (χ4v) is 1.73. The Morgan fingerprint density at radius 2 is 2.05 bits per heavy atom. The number of imidazole rings is 1. The monoisotopic (exact) mass is 258 g/mol. The second-order valence-electron chi connectivity index (χ2n) is 4.36. The molecule has 5 heteroatoms. The number of aromatic nitrogens is 2. The summed E-state index contributed by atoms with van der Waals surface area (Å²) in [7, 11) is 0. The SMILES string of the molecule is Cc1ncc(CNCC(=O)NCc2ccccc2)[nH]1. The Labute approximate surface area is 112 Å². The molecule has 3 N–H and O–H groups in total. The van der Waals surface area contributed by atoms with Crippen molar-refractivity contribution < 1.29 is 4.79 Å². The van der Waals surface area contributed by atoms with Crippen molar-refractivity contribution in [3.05, 3.63) is 53.6 Å². The molecule has 1 aromatic carbocycles. The molecule has 100 valence electrons. The lowest BCUT2D eigenvalue weighted by atomic mass is 10.2. The molecule has 5 nitrogen and oxygen atoms in total. The van der Waals surface area contributed by atoms with Crippen LogP contribution in [-0.2, 0) is 17.9 Å². The molecule has 0 unspecified atom stereocenters. The van der Waals surface area contributed by atoms with E-state index in [9.17, 15) is 4.79 Å². The maximum absolute atomic E-state index is 11.6. The number of benzene rings is 1. The van der Waals surface area contributed by atoms with Crippen molar-refractivity contribution in [1.82, 2.24) is 20.6 Å². The third-order valence-electron chi connectivity index (χ3n) is 2.69. The third kappa shape index (κ3) is 4.56. The van der Waals surface area contributed by atoms with Crippen LogP contribution in [-0.4, -0.2) is 22.4 Å². The highest BCUT2D eigenvalue weighted by Gasteiger charge is 2.01. The molecule has 19 heavy (non-hydrogen) atoms. The zero-order chi connectivity index (χ0) is 13.5. The summed E-state index contributed by atoms with van der Waals surface area (Å²) in [6, 6.07) is 9.85. The number of nitrogens with one attached hydrogen (secondary N) is 3. The van der Waals surface area contributed by atoms with Gasteiger partial charge in [-0.05, 0) is 12.5 Å². The summed E-state index contributed by atoms with van der Waals surface area (Å²) in [6.07, 6.45) is 1.77. The van der Waals surface area contributed by atoms with E-state index in [1.54, 1.807) is 6.20 Å². The Balaban J connectivity index is 1.65. The summed E-state index contributed by atoms with van der Waals surface area (Å²) < 4.78 is 0. The van der Waals surface area contributed by atoms with Gasteiger partial charge < -0.3 is 15.6 Å². The summed E-state index contributed by atoms with van der Waals surface area (Å²) in [5, 5.41) is 5.93. The highest BCUT2D eigenvalue weighted by atomic mass is 16.1. The number of carbonyl (C=O) groups is 1. The minimum Gasteiger partial charge on any atom is -0.351 e. The zero-order valence-electron chi connectivity index (χ0n) is 10.9. The first-order chi connectivity index (χ1) is 9.24. The van der Waals surface area contributed by atoms with Gasteiger partial charge in [0.1, 0.15) is 5.82 Å². The molecule has 0 saturated heterocycles. The Morgan fingerprint density at radius 3 is 2.74 bits per heavy atom. The van der Waals surface area contributed by atoms with Gasteiger partial charge in [-0.25, -0.2) is 4.98 Å². The van der Waals surface area contributed by atoms with Crippen LogP contribution in [0.2, 0.25) is 0 Å². The molecule has 0 aliphatic heterocycles. The Morgan fingerprint density at radius 1 is 1.26 bits per heavy atom. The van der Waals surface area contributed by atoms with Crippen LogP contribution in [0.1, 0.15) is 17.1 Å². The number of aromatic amines is 1. The van der Waals surface area contributed by atoms with Crippen LogP contribution in [0, 0.1) is 6.92 Å². The highest BCUT2D eigenvalue weighted by molar-refractivity contribution is 5.77. The maximum Gasteiger partial charge on any atom is 0.234 e. The standard InChI is InChI=1S/C14H18N4O/c1-11-16-9-13(18-11)8-15-10-14(19)17-7-12-5-3-2-4-6-12/h2-6,9,15H,7-8,10H2,1H3,(H,16,18)(H,17,19). The summed E-state index contributed by atoms with van der Waals surface area (Å²) in [5.41, 5.74) is 2.08. The lowest BCUT2D eigenvalue weighted by Gasteiger charge is -2.06. The molecule has 0 spiro atoms. The number of rotatable bonds is 6. The Hall–Kier alpha value is -2.14. The molecule has 2 aromatic rings. The van der Waals surface area contributed by atoms with Crippen molar-refractivity contribution in [2.24, 2.45) is 0 Å². The highest BCUT2D eigenvalue weighted by Crippen LogP contribution is 1.97. The summed E-state index contributed by atoms with van der Waals surface area (Å²) >= 11 is 0. The number of hydrogen-bond donors (Lipinski definition) is 3. The van der Waals surface area contributed by atoms with E-state index in [0.29, 0.717) is 19.6 Å². The number of hydrogen-bond acceptors (Lipinski definition) is 3. The molecule has 2 rings (SSSR count). The van der Waals surface area contributed by atoms with Crippen LogP contribution in [0.15, 0.2) is 36.5 Å². The summed E-state index contributed by atoms with van der Waals surface area (Å²) in [6.45, 7) is 3.37. The van der Waals surface area contributed by atoms with Crippen LogP contribution in [0.5, 0.6) is 0 Å². The first-order valence-electron chi connectivity index (χ1n) is 6.26. The van der Waals surface area contributed by atoms with Gasteiger partial charge in [-0.3, -0.25) is 4.79 Å². The zero-order valence-corrected chi connectivity index (χ0v) is 10.9. The van der Waals surface area contributed by atoms with Crippen LogP contribution < -0.4 is 10.6 Å². The lowest BCUT2D eigenvalue weighted by molar-refractivity contribution is -0.120. The van der Waals surface area contributed by atoms with E-state index in [2.05, 4.69) is 20.6 Å². The second-order valence-corrected chi connectivity index (χ2v) is 4.36. The smallest absolute Gasteiger partial charge is 0.234 e. The molecule has 1 amide bonds. The third-order valence-corrected chi connectivity index (χ3v) is 2.69. The molecule has 0 fully saturated rings. The average molecular weight is 258 g/mol. The van der Waals surface area contributed by atoms with Gasteiger partial charge in [0.15, 0.2) is 0 Å². The van der Waals surface area contributed by atoms with Crippen LogP contribution >= 0.6 is 0 Å². The predicted molar refractivity (Wildman–Crippen MR) is 73.3 cm³/mol. The van der Waals surface area contributed by atoms with E-state index in [0.717, 1.165) is 17.1 Å². The van der Waals surface area contributed by atoms with E-state index >= 15 is 0 Å². The van der Waals surface area contributed by atoms with Crippen LogP contribution in [0.4, 0.5) is 0 Å². The molecule has 1 aromatic heterocycles. The van der Waals surface area contributed by atoms with Gasteiger partial charge in [-0.1, -0.05) is 30.3 Å². The number of nitrogens with zero attached hydrogens (tertiary/aromatic N) is 1. The molecular weight excluding hydrogens is 240 g/mol. The molecule has 0 atom stereocenters. The quantitative estimate of drug-likeness (QED) is 0.727. The number of carbonyl (C=O) groups excluding carboxylic acids is 1. The molecule has 0 aliphatic rings. The lowest BCUT2D eigenvalue weighted by Crippen LogP contribution is -2.33. The molecule has 0 saturated carbocycles. The van der Waals surface area contributed by atoms with E-state index in [1.165, 1.54) is 0 Å². The van der Waals surface area contributed by atoms with Crippen molar-refractivity contribution in [1.29, 1.82) is 0 Å². The van der Waals surface area contributed by atoms with E-state index in [4.69, 9.17) is 0 Å². The minimum absolute atomic E-state index is 0.0138. The Kier molecular flexibility index (Phi) is 4.69. The topological polar surface area (TPSA) is 69.8 Å². The molecule has 0 aliphatic carbocycles. The second kappa shape index (κ2) is 6.70. The van der Waals surface area contributed by atoms with E-state index in [1.807, 2.05) is 37.3 Å². The fourth-order valence-electron chi connectivity index (χ4n) is 1.73. The summed E-state index contributed by atoms with van der Waals surface area (Å²) in [5.74, 6) is 0.866. The maximum atomic E-state index is 11.6. The van der Waals surface area contributed by atoms with Gasteiger partial charge >= 0.3 is 0 Å². The van der Waals surface area contributed by atoms with Gasteiger partial charge in [-0.15, -0.1) is 0 Å². The van der Waals surface area contributed by atoms with Gasteiger partial charge in [0.05, 0.1) is 6.54 Å². The van der Waals surface area contributed by atoms with Crippen molar-refractivity contribution in [2.75, 3.05) is 6.54 Å². The van der Waals surface area contributed by atoms with Gasteiger partial charge in [0.2, 0.25) is 5.91 Å². The Bertz CT molecular complexity index is 521. The van der Waals surface area contributed by atoms with Gasteiger partial charge in [-0.2, -0.15) is 0 Å². The van der Waals surface area contributed by atoms with E-state index in [-0.39, 0.29) is 5.91 Å². The van der Waals surface area contributed by atoms with E-state index < -0.39 is 0 Å². The number of H-pyrrole nitrogens is 1. The minimum atomic E-state index is -0.0138. The predicted octanol–water partition coefficient (Wildman–Crippen LogP) is 1.12. The molecular formula is C14H18N4O. The fraction of sp³-hybridized carbons (Fsp3) is 0.286.